The molecule has 0 aromatic rings. The van der Waals surface area contributed by atoms with Crippen molar-refractivity contribution in [2.45, 2.75) is 46.0 Å². The molecule has 0 heterocycles. The number of carboxylic acids is 1. The number of carbonyl (C=O) groups is 1. The van der Waals surface area contributed by atoms with Crippen LogP contribution in [0.5, 0.6) is 0 Å². The molecule has 0 aliphatic heterocycles. The quantitative estimate of drug-likeness (QED) is 0.487. The first-order valence-corrected chi connectivity index (χ1v) is 5.08. The molecule has 0 rings (SSSR count). The predicted octanol–water partition coefficient (Wildman–Crippen LogP) is 3.23. The molecule has 0 fully saturated rings. The molecule has 0 saturated carbocycles. The SMILES string of the molecule is C/C=C\[C@H](CCCCCC)C(=O)O. The van der Waals surface area contributed by atoms with Gasteiger partial charge >= 0.3 is 5.97 Å². The Kier molecular flexibility index (Phi) is 7.36. The summed E-state index contributed by atoms with van der Waals surface area (Å²) in [6, 6.07) is 0. The molecule has 2 nitrogen and oxygen atoms in total. The van der Waals surface area contributed by atoms with Crippen molar-refractivity contribution in [3.05, 3.63) is 12.2 Å². The number of allylic oxidation sites excluding steroid dienone is 1. The van der Waals surface area contributed by atoms with E-state index in [0.29, 0.717) is 0 Å². The minimum atomic E-state index is -0.699. The number of unbranched alkanes of at least 4 members (excludes halogenated alkanes) is 3. The smallest absolute Gasteiger partial charge is 0.310 e. The number of hydrogen-bond donors (Lipinski definition) is 1. The summed E-state index contributed by atoms with van der Waals surface area (Å²) in [6.07, 6.45) is 8.95. The Hall–Kier alpha value is -0.790. The van der Waals surface area contributed by atoms with Crippen LogP contribution in [0.1, 0.15) is 46.0 Å². The van der Waals surface area contributed by atoms with Gasteiger partial charge in [-0.05, 0) is 13.3 Å². The first kappa shape index (κ1) is 12.2. The zero-order valence-corrected chi connectivity index (χ0v) is 8.62. The number of aliphatic carboxylic acids is 1. The monoisotopic (exact) mass is 184 g/mol. The van der Waals surface area contributed by atoms with Crippen LogP contribution in [0.4, 0.5) is 0 Å². The van der Waals surface area contributed by atoms with Crippen molar-refractivity contribution >= 4 is 5.97 Å². The molecule has 0 aromatic heterocycles. The normalized spacial score (nSPS) is 13.4. The van der Waals surface area contributed by atoms with E-state index in [2.05, 4.69) is 6.92 Å². The van der Waals surface area contributed by atoms with E-state index in [1.54, 1.807) is 6.08 Å². The average molecular weight is 184 g/mol. The van der Waals surface area contributed by atoms with Gasteiger partial charge in [-0.25, -0.2) is 0 Å². The van der Waals surface area contributed by atoms with Gasteiger partial charge < -0.3 is 5.11 Å². The van der Waals surface area contributed by atoms with E-state index in [1.807, 2.05) is 13.0 Å². The van der Waals surface area contributed by atoms with E-state index < -0.39 is 5.97 Å². The van der Waals surface area contributed by atoms with Crippen LogP contribution in [-0.2, 0) is 4.79 Å². The lowest BCUT2D eigenvalue weighted by Crippen LogP contribution is -2.10. The molecule has 0 aromatic carbocycles. The predicted molar refractivity (Wildman–Crippen MR) is 54.7 cm³/mol. The molecule has 0 bridgehead atoms. The highest BCUT2D eigenvalue weighted by molar-refractivity contribution is 5.71. The molecule has 0 spiro atoms. The molecule has 0 aliphatic carbocycles. The Labute approximate surface area is 80.7 Å². The Balaban J connectivity index is 3.64. The van der Waals surface area contributed by atoms with Gasteiger partial charge in [0.05, 0.1) is 5.92 Å². The summed E-state index contributed by atoms with van der Waals surface area (Å²) in [5.74, 6) is -0.976. The van der Waals surface area contributed by atoms with E-state index in [-0.39, 0.29) is 5.92 Å². The fourth-order valence-corrected chi connectivity index (χ4v) is 1.33. The van der Waals surface area contributed by atoms with Gasteiger partial charge in [-0.2, -0.15) is 0 Å². The van der Waals surface area contributed by atoms with Crippen molar-refractivity contribution in [3.8, 4) is 0 Å². The number of rotatable bonds is 7. The standard InChI is InChI=1S/C11H20O2/c1-3-5-6-7-9-10(8-4-2)11(12)13/h4,8,10H,3,5-7,9H2,1-2H3,(H,12,13)/b8-4-/t10-/m1/s1. The summed E-state index contributed by atoms with van der Waals surface area (Å²) in [4.78, 5) is 10.7. The van der Waals surface area contributed by atoms with Gasteiger partial charge in [-0.15, -0.1) is 0 Å². The first-order valence-electron chi connectivity index (χ1n) is 5.08. The van der Waals surface area contributed by atoms with Gasteiger partial charge in [0.1, 0.15) is 0 Å². The maximum Gasteiger partial charge on any atom is 0.310 e. The van der Waals surface area contributed by atoms with Gasteiger partial charge in [-0.3, -0.25) is 4.79 Å². The molecule has 0 amide bonds. The topological polar surface area (TPSA) is 37.3 Å². The zero-order valence-electron chi connectivity index (χ0n) is 8.62. The summed E-state index contributed by atoms with van der Waals surface area (Å²) in [6.45, 7) is 4.02. The second-order valence-corrected chi connectivity index (χ2v) is 3.32. The Morgan fingerprint density at radius 1 is 1.38 bits per heavy atom. The molecule has 0 unspecified atom stereocenters. The average Bonchev–Trinajstić information content (AvgIpc) is 2.10. The number of carboxylic acid groups (broad SMARTS) is 1. The summed E-state index contributed by atoms with van der Waals surface area (Å²) in [7, 11) is 0. The minimum absolute atomic E-state index is 0.276. The van der Waals surface area contributed by atoms with Crippen molar-refractivity contribution < 1.29 is 9.90 Å². The van der Waals surface area contributed by atoms with Crippen molar-refractivity contribution in [2.75, 3.05) is 0 Å². The van der Waals surface area contributed by atoms with Gasteiger partial charge in [-0.1, -0.05) is 44.8 Å². The van der Waals surface area contributed by atoms with Gasteiger partial charge in [0.25, 0.3) is 0 Å². The molecule has 1 atom stereocenters. The Bertz CT molecular complexity index is 161. The maximum absolute atomic E-state index is 10.7. The van der Waals surface area contributed by atoms with Crippen LogP contribution >= 0.6 is 0 Å². The third-order valence-electron chi connectivity index (χ3n) is 2.11. The molecule has 0 saturated heterocycles. The molecular weight excluding hydrogens is 164 g/mol. The van der Waals surface area contributed by atoms with Gasteiger partial charge in [0.15, 0.2) is 0 Å². The Morgan fingerprint density at radius 3 is 2.54 bits per heavy atom. The minimum Gasteiger partial charge on any atom is -0.481 e. The molecule has 0 radical (unpaired) electrons. The van der Waals surface area contributed by atoms with Gasteiger partial charge in [0.2, 0.25) is 0 Å². The highest BCUT2D eigenvalue weighted by atomic mass is 16.4. The van der Waals surface area contributed by atoms with Crippen LogP contribution in [0, 0.1) is 5.92 Å². The first-order chi connectivity index (χ1) is 6.22. The molecule has 13 heavy (non-hydrogen) atoms. The van der Waals surface area contributed by atoms with Gasteiger partial charge in [0, 0.05) is 0 Å². The lowest BCUT2D eigenvalue weighted by Gasteiger charge is -2.06. The highest BCUT2D eigenvalue weighted by Crippen LogP contribution is 2.12. The largest absolute Gasteiger partial charge is 0.481 e. The number of hydrogen-bond acceptors (Lipinski definition) is 1. The van der Waals surface area contributed by atoms with Crippen molar-refractivity contribution in [3.63, 3.8) is 0 Å². The summed E-state index contributed by atoms with van der Waals surface area (Å²) < 4.78 is 0. The van der Waals surface area contributed by atoms with Crippen LogP contribution < -0.4 is 0 Å². The molecular formula is C11H20O2. The molecule has 1 N–H and O–H groups in total. The van der Waals surface area contributed by atoms with Crippen molar-refractivity contribution in [1.82, 2.24) is 0 Å². The van der Waals surface area contributed by atoms with Crippen LogP contribution in [0.25, 0.3) is 0 Å². The van der Waals surface area contributed by atoms with Crippen molar-refractivity contribution in [1.29, 1.82) is 0 Å². The van der Waals surface area contributed by atoms with E-state index in [0.717, 1.165) is 19.3 Å². The summed E-state index contributed by atoms with van der Waals surface area (Å²) in [5, 5.41) is 8.81. The molecule has 2 heteroatoms. The van der Waals surface area contributed by atoms with Crippen LogP contribution in [0.2, 0.25) is 0 Å². The third kappa shape index (κ3) is 6.38. The second-order valence-electron chi connectivity index (χ2n) is 3.32. The van der Waals surface area contributed by atoms with Crippen LogP contribution in [0.15, 0.2) is 12.2 Å². The van der Waals surface area contributed by atoms with Crippen LogP contribution in [-0.4, -0.2) is 11.1 Å². The third-order valence-corrected chi connectivity index (χ3v) is 2.11. The fraction of sp³-hybridized carbons (Fsp3) is 0.727. The lowest BCUT2D eigenvalue weighted by molar-refractivity contribution is -0.140. The lowest BCUT2D eigenvalue weighted by atomic mass is 10.0. The van der Waals surface area contributed by atoms with E-state index in [4.69, 9.17) is 5.11 Å². The summed E-state index contributed by atoms with van der Waals surface area (Å²) >= 11 is 0. The molecule has 0 aliphatic rings. The highest BCUT2D eigenvalue weighted by Gasteiger charge is 2.11. The van der Waals surface area contributed by atoms with E-state index >= 15 is 0 Å². The van der Waals surface area contributed by atoms with E-state index in [1.165, 1.54) is 12.8 Å². The fourth-order valence-electron chi connectivity index (χ4n) is 1.33. The van der Waals surface area contributed by atoms with Crippen molar-refractivity contribution in [2.24, 2.45) is 5.92 Å². The Morgan fingerprint density at radius 2 is 2.08 bits per heavy atom. The van der Waals surface area contributed by atoms with E-state index in [9.17, 15) is 4.79 Å². The van der Waals surface area contributed by atoms with Crippen LogP contribution in [0.3, 0.4) is 0 Å². The summed E-state index contributed by atoms with van der Waals surface area (Å²) in [5.41, 5.74) is 0. The second kappa shape index (κ2) is 7.84. The molecule has 76 valence electrons. The maximum atomic E-state index is 10.7. The zero-order chi connectivity index (χ0) is 10.1.